The third kappa shape index (κ3) is 1.97. The van der Waals surface area contributed by atoms with E-state index < -0.39 is 0 Å². The zero-order valence-corrected chi connectivity index (χ0v) is 15.7. The highest BCUT2D eigenvalue weighted by atomic mass is 35.5. The molecule has 3 heteroatoms. The summed E-state index contributed by atoms with van der Waals surface area (Å²) in [7, 11) is 1.93. The van der Waals surface area contributed by atoms with Gasteiger partial charge in [0, 0.05) is 29.6 Å². The van der Waals surface area contributed by atoms with Gasteiger partial charge in [-0.2, -0.15) is 0 Å². The van der Waals surface area contributed by atoms with Crippen molar-refractivity contribution in [3.63, 3.8) is 0 Å². The molecule has 4 aliphatic rings. The van der Waals surface area contributed by atoms with Crippen LogP contribution in [0.5, 0.6) is 0 Å². The summed E-state index contributed by atoms with van der Waals surface area (Å²) >= 11 is 6.82. The number of allylic oxidation sites excluding steroid dienone is 2. The Balaban J connectivity index is 1.77. The molecule has 1 heterocycles. The molecule has 0 aromatic rings. The van der Waals surface area contributed by atoms with Crippen molar-refractivity contribution in [3.8, 4) is 0 Å². The van der Waals surface area contributed by atoms with Crippen LogP contribution in [0.3, 0.4) is 0 Å². The van der Waals surface area contributed by atoms with Crippen molar-refractivity contribution in [2.24, 2.45) is 34.5 Å². The lowest BCUT2D eigenvalue weighted by Gasteiger charge is -2.58. The van der Waals surface area contributed by atoms with Gasteiger partial charge in [0.25, 0.3) is 0 Å². The van der Waals surface area contributed by atoms with Crippen LogP contribution in [0.15, 0.2) is 10.7 Å². The molecule has 1 saturated heterocycles. The molecule has 0 aromatic heterocycles. The fourth-order valence-electron chi connectivity index (χ4n) is 6.94. The second kappa shape index (κ2) is 5.00. The summed E-state index contributed by atoms with van der Waals surface area (Å²) < 4.78 is 0. The molecular weight excluding hydrogens is 306 g/mol. The van der Waals surface area contributed by atoms with Crippen molar-refractivity contribution in [2.75, 3.05) is 7.05 Å². The quantitative estimate of drug-likeness (QED) is 0.597. The van der Waals surface area contributed by atoms with Crippen molar-refractivity contribution < 1.29 is 4.79 Å². The van der Waals surface area contributed by atoms with Crippen LogP contribution in [0.1, 0.15) is 65.7 Å². The van der Waals surface area contributed by atoms with Gasteiger partial charge in [-0.25, -0.2) is 0 Å². The molecule has 0 bridgehead atoms. The zero-order chi connectivity index (χ0) is 16.6. The Hall–Kier alpha value is -0.500. The number of rotatable bonds is 0. The van der Waals surface area contributed by atoms with E-state index in [1.807, 2.05) is 11.9 Å². The van der Waals surface area contributed by atoms with E-state index in [2.05, 4.69) is 20.8 Å². The standard InChI is InChI=1S/C20H30ClNO/c1-12-5-6-14-13-11-16(21)18-20(3,10-8-17(23)22(18)4)15(13)7-9-19(12,14)2/h12-15H,5-11H2,1-4H3/t12-,13?,14?,15?,19+,20+/m0/s1. The number of halogens is 1. The van der Waals surface area contributed by atoms with Crippen LogP contribution < -0.4 is 0 Å². The molecule has 6 atom stereocenters. The average molecular weight is 336 g/mol. The number of fused-ring (bicyclic) bond motifs is 5. The van der Waals surface area contributed by atoms with Gasteiger partial charge >= 0.3 is 0 Å². The molecule has 2 nitrogen and oxygen atoms in total. The highest BCUT2D eigenvalue weighted by Gasteiger charge is 2.59. The number of carbonyl (C=O) groups excluding carboxylic acids is 1. The van der Waals surface area contributed by atoms with E-state index >= 15 is 0 Å². The molecule has 128 valence electrons. The maximum absolute atomic E-state index is 12.2. The van der Waals surface area contributed by atoms with Gasteiger partial charge in [-0.3, -0.25) is 4.79 Å². The van der Waals surface area contributed by atoms with Crippen LogP contribution in [0.25, 0.3) is 0 Å². The van der Waals surface area contributed by atoms with Crippen molar-refractivity contribution in [2.45, 2.75) is 65.7 Å². The largest absolute Gasteiger partial charge is 0.318 e. The average Bonchev–Trinajstić information content (AvgIpc) is 2.79. The number of nitrogens with zero attached hydrogens (tertiary/aromatic N) is 1. The smallest absolute Gasteiger partial charge is 0.226 e. The number of likely N-dealkylation sites (tertiary alicyclic amines) is 1. The van der Waals surface area contributed by atoms with Gasteiger partial charge in [0.2, 0.25) is 5.91 Å². The minimum absolute atomic E-state index is 0.107. The van der Waals surface area contributed by atoms with E-state index in [1.165, 1.54) is 25.7 Å². The van der Waals surface area contributed by atoms with Gasteiger partial charge < -0.3 is 4.90 Å². The Morgan fingerprint density at radius 1 is 1.13 bits per heavy atom. The summed E-state index contributed by atoms with van der Waals surface area (Å²) in [5, 5.41) is 0.980. The van der Waals surface area contributed by atoms with Crippen LogP contribution >= 0.6 is 11.6 Å². The number of piperidine rings is 1. The molecule has 4 rings (SSSR count). The summed E-state index contributed by atoms with van der Waals surface area (Å²) in [5.41, 5.74) is 1.78. The SMILES string of the molecule is C[C@H]1CCC2C3CC(Cl)=C4N(C)C(=O)CC[C@]4(C)C3CC[C@@]21C. The minimum Gasteiger partial charge on any atom is -0.318 e. The van der Waals surface area contributed by atoms with Gasteiger partial charge in [-0.05, 0) is 67.6 Å². The van der Waals surface area contributed by atoms with Crippen molar-refractivity contribution in [1.29, 1.82) is 0 Å². The summed E-state index contributed by atoms with van der Waals surface area (Å²) in [6, 6.07) is 0. The zero-order valence-electron chi connectivity index (χ0n) is 15.0. The Morgan fingerprint density at radius 3 is 2.61 bits per heavy atom. The first-order valence-electron chi connectivity index (χ1n) is 9.44. The van der Waals surface area contributed by atoms with Gasteiger partial charge in [0.05, 0.1) is 0 Å². The second-order valence-electron chi connectivity index (χ2n) is 9.23. The fourth-order valence-corrected chi connectivity index (χ4v) is 7.46. The van der Waals surface area contributed by atoms with Crippen LogP contribution in [-0.4, -0.2) is 17.9 Å². The van der Waals surface area contributed by atoms with Crippen LogP contribution in [0, 0.1) is 34.5 Å². The summed E-state index contributed by atoms with van der Waals surface area (Å²) in [6.07, 6.45) is 8.11. The molecule has 3 fully saturated rings. The van der Waals surface area contributed by atoms with Gasteiger partial charge in [0.15, 0.2) is 0 Å². The molecule has 0 N–H and O–H groups in total. The lowest BCUT2D eigenvalue weighted by molar-refractivity contribution is -0.135. The van der Waals surface area contributed by atoms with E-state index in [1.54, 1.807) is 0 Å². The van der Waals surface area contributed by atoms with Crippen molar-refractivity contribution >= 4 is 17.5 Å². The van der Waals surface area contributed by atoms with Crippen molar-refractivity contribution in [3.05, 3.63) is 10.7 Å². The highest BCUT2D eigenvalue weighted by molar-refractivity contribution is 6.30. The van der Waals surface area contributed by atoms with E-state index in [9.17, 15) is 4.79 Å². The maximum Gasteiger partial charge on any atom is 0.226 e. The molecular formula is C20H30ClNO. The summed E-state index contributed by atoms with van der Waals surface area (Å²) in [6.45, 7) is 7.39. The number of hydrogen-bond donors (Lipinski definition) is 0. The molecule has 0 aromatic carbocycles. The molecule has 0 spiro atoms. The van der Waals surface area contributed by atoms with Crippen LogP contribution in [-0.2, 0) is 4.79 Å². The molecule has 0 radical (unpaired) electrons. The monoisotopic (exact) mass is 335 g/mol. The van der Waals surface area contributed by atoms with Gasteiger partial charge in [0.1, 0.15) is 0 Å². The van der Waals surface area contributed by atoms with E-state index in [0.717, 1.165) is 41.3 Å². The lowest BCUT2D eigenvalue weighted by Crippen LogP contribution is -2.54. The number of amides is 1. The predicted molar refractivity (Wildman–Crippen MR) is 93.8 cm³/mol. The first kappa shape index (κ1) is 16.0. The molecule has 2 saturated carbocycles. The Morgan fingerprint density at radius 2 is 1.87 bits per heavy atom. The molecule has 1 aliphatic heterocycles. The van der Waals surface area contributed by atoms with Crippen LogP contribution in [0.2, 0.25) is 0 Å². The van der Waals surface area contributed by atoms with Gasteiger partial charge in [-0.15, -0.1) is 0 Å². The molecule has 3 aliphatic carbocycles. The Kier molecular flexibility index (Phi) is 3.48. The Bertz CT molecular complexity index is 584. The molecule has 23 heavy (non-hydrogen) atoms. The Labute approximate surface area is 145 Å². The first-order valence-corrected chi connectivity index (χ1v) is 9.82. The molecule has 3 unspecified atom stereocenters. The van der Waals surface area contributed by atoms with E-state index in [4.69, 9.17) is 11.6 Å². The maximum atomic E-state index is 12.2. The van der Waals surface area contributed by atoms with Crippen molar-refractivity contribution in [1.82, 2.24) is 4.90 Å². The minimum atomic E-state index is 0.107. The highest BCUT2D eigenvalue weighted by Crippen LogP contribution is 2.67. The van der Waals surface area contributed by atoms with Gasteiger partial charge in [-0.1, -0.05) is 32.4 Å². The second-order valence-corrected chi connectivity index (χ2v) is 9.68. The first-order chi connectivity index (χ1) is 10.8. The number of carbonyl (C=O) groups is 1. The predicted octanol–water partition coefficient (Wildman–Crippen LogP) is 5.18. The van der Waals surface area contributed by atoms with Crippen LogP contribution in [0.4, 0.5) is 0 Å². The third-order valence-corrected chi connectivity index (χ3v) is 8.84. The molecule has 1 amide bonds. The summed E-state index contributed by atoms with van der Waals surface area (Å²) in [4.78, 5) is 14.1. The fraction of sp³-hybridized carbons (Fsp3) is 0.850. The normalized spacial score (nSPS) is 49.8. The topological polar surface area (TPSA) is 20.3 Å². The number of hydrogen-bond acceptors (Lipinski definition) is 1. The summed E-state index contributed by atoms with van der Waals surface area (Å²) in [5.74, 6) is 3.34. The third-order valence-electron chi connectivity index (χ3n) is 8.51. The lowest BCUT2D eigenvalue weighted by atomic mass is 9.49. The van der Waals surface area contributed by atoms with E-state index in [0.29, 0.717) is 17.8 Å². The van der Waals surface area contributed by atoms with E-state index in [-0.39, 0.29) is 11.3 Å².